The molecule has 1 N–H and O–H groups in total. The number of esters is 1. The first-order chi connectivity index (χ1) is 18.1. The highest BCUT2D eigenvalue weighted by Gasteiger charge is 2.33. The van der Waals surface area contributed by atoms with Crippen LogP contribution in [0.25, 0.3) is 0 Å². The fourth-order valence-electron chi connectivity index (χ4n) is 6.87. The van der Waals surface area contributed by atoms with E-state index in [0.29, 0.717) is 48.2 Å². The average Bonchev–Trinajstić information content (AvgIpc) is 2.90. The lowest BCUT2D eigenvalue weighted by atomic mass is 9.70. The zero-order valence-electron chi connectivity index (χ0n) is 25.1. The molecule has 5 heteroatoms. The molecule has 7 unspecified atom stereocenters. The summed E-state index contributed by atoms with van der Waals surface area (Å²) in [5.41, 5.74) is 0.321. The standard InChI is InChI=1S/C33H56O5/c1-7-25(22-23(2)26-10-16-30(34)17-11-26)27-12-18-31(19-13-27)38-24(3)36-20-21-37-32(35)28-8-14-29(15-9-28)33(4,5)6/h10,12,16,18,23-31,34H,7-9,11,13-15,17,19-22H2,1-6H3. The lowest BCUT2D eigenvalue weighted by Gasteiger charge is -2.36. The van der Waals surface area contributed by atoms with Crippen LogP contribution in [0.4, 0.5) is 0 Å². The van der Waals surface area contributed by atoms with Crippen molar-refractivity contribution in [2.24, 2.45) is 40.9 Å². The van der Waals surface area contributed by atoms with Gasteiger partial charge in [-0.05, 0) is 99.7 Å². The van der Waals surface area contributed by atoms with Crippen LogP contribution in [-0.2, 0) is 19.0 Å². The molecule has 3 aliphatic rings. The van der Waals surface area contributed by atoms with Crippen LogP contribution in [0.2, 0.25) is 0 Å². The lowest BCUT2D eigenvalue weighted by molar-refractivity contribution is -0.169. The molecule has 3 aliphatic carbocycles. The number of allylic oxidation sites excluding steroid dienone is 2. The minimum atomic E-state index is -0.322. The summed E-state index contributed by atoms with van der Waals surface area (Å²) >= 11 is 0. The molecule has 0 aromatic rings. The van der Waals surface area contributed by atoms with Crippen LogP contribution >= 0.6 is 0 Å². The number of aliphatic hydroxyl groups excluding tert-OH is 1. The van der Waals surface area contributed by atoms with Gasteiger partial charge in [0.05, 0.1) is 24.7 Å². The van der Waals surface area contributed by atoms with Crippen LogP contribution in [0.5, 0.6) is 0 Å². The van der Waals surface area contributed by atoms with E-state index in [1.807, 2.05) is 13.0 Å². The first-order valence-corrected chi connectivity index (χ1v) is 15.5. The van der Waals surface area contributed by atoms with Crippen molar-refractivity contribution in [1.82, 2.24) is 0 Å². The van der Waals surface area contributed by atoms with Gasteiger partial charge in [-0.15, -0.1) is 0 Å². The lowest BCUT2D eigenvalue weighted by Crippen LogP contribution is -2.30. The highest BCUT2D eigenvalue weighted by atomic mass is 16.7. The van der Waals surface area contributed by atoms with E-state index in [1.54, 1.807) is 0 Å². The van der Waals surface area contributed by atoms with Gasteiger partial charge in [0, 0.05) is 0 Å². The number of ether oxygens (including phenoxy) is 3. The number of hydrogen-bond acceptors (Lipinski definition) is 5. The van der Waals surface area contributed by atoms with Crippen molar-refractivity contribution in [3.63, 3.8) is 0 Å². The molecule has 0 amide bonds. The summed E-state index contributed by atoms with van der Waals surface area (Å²) in [5, 5.41) is 9.75. The summed E-state index contributed by atoms with van der Waals surface area (Å²) in [4.78, 5) is 12.5. The van der Waals surface area contributed by atoms with E-state index >= 15 is 0 Å². The Labute approximate surface area is 232 Å². The van der Waals surface area contributed by atoms with E-state index in [1.165, 1.54) is 12.8 Å². The predicted molar refractivity (Wildman–Crippen MR) is 153 cm³/mol. The molecule has 0 aliphatic heterocycles. The fourth-order valence-corrected chi connectivity index (χ4v) is 6.87. The molecule has 0 heterocycles. The second kappa shape index (κ2) is 15.0. The van der Waals surface area contributed by atoms with Gasteiger partial charge >= 0.3 is 5.97 Å². The number of aliphatic hydroxyl groups is 1. The van der Waals surface area contributed by atoms with E-state index in [4.69, 9.17) is 14.2 Å². The zero-order chi connectivity index (χ0) is 27.7. The molecule has 0 aromatic heterocycles. The molecule has 0 spiro atoms. The molecular formula is C33H56O5. The topological polar surface area (TPSA) is 65.0 Å². The zero-order valence-corrected chi connectivity index (χ0v) is 25.1. The largest absolute Gasteiger partial charge is 0.463 e. The molecule has 1 saturated carbocycles. The Morgan fingerprint density at radius 2 is 1.58 bits per heavy atom. The molecule has 7 atom stereocenters. The van der Waals surface area contributed by atoms with Gasteiger partial charge in [-0.2, -0.15) is 0 Å². The van der Waals surface area contributed by atoms with Crippen LogP contribution in [0.3, 0.4) is 0 Å². The summed E-state index contributed by atoms with van der Waals surface area (Å²) in [6.45, 7) is 14.2. The van der Waals surface area contributed by atoms with E-state index in [0.717, 1.165) is 51.4 Å². The van der Waals surface area contributed by atoms with Crippen molar-refractivity contribution < 1.29 is 24.1 Å². The minimum Gasteiger partial charge on any atom is -0.463 e. The van der Waals surface area contributed by atoms with Gasteiger partial charge in [-0.3, -0.25) is 4.79 Å². The Morgan fingerprint density at radius 1 is 0.895 bits per heavy atom. The van der Waals surface area contributed by atoms with Gasteiger partial charge in [0.2, 0.25) is 0 Å². The van der Waals surface area contributed by atoms with E-state index in [-0.39, 0.29) is 30.4 Å². The Balaban J connectivity index is 1.31. The molecule has 38 heavy (non-hydrogen) atoms. The molecule has 0 radical (unpaired) electrons. The molecule has 0 saturated heterocycles. The smallest absolute Gasteiger partial charge is 0.309 e. The third kappa shape index (κ3) is 9.78. The number of carbonyl (C=O) groups excluding carboxylic acids is 1. The first kappa shape index (κ1) is 31.4. The Bertz CT molecular complexity index is 760. The second-order valence-electron chi connectivity index (χ2n) is 13.4. The van der Waals surface area contributed by atoms with Gasteiger partial charge in [0.1, 0.15) is 6.61 Å². The quantitative estimate of drug-likeness (QED) is 0.122. The molecule has 3 rings (SSSR count). The third-order valence-corrected chi connectivity index (χ3v) is 9.60. The maximum atomic E-state index is 12.5. The molecule has 5 nitrogen and oxygen atoms in total. The third-order valence-electron chi connectivity index (χ3n) is 9.60. The average molecular weight is 533 g/mol. The van der Waals surface area contributed by atoms with Crippen molar-refractivity contribution >= 4 is 5.97 Å². The Hall–Kier alpha value is -1.17. The molecule has 0 aromatic carbocycles. The summed E-state index contributed by atoms with van der Waals surface area (Å²) < 4.78 is 17.5. The normalized spacial score (nSPS) is 32.5. The molecule has 218 valence electrons. The van der Waals surface area contributed by atoms with Crippen LogP contribution in [-0.4, -0.2) is 42.8 Å². The van der Waals surface area contributed by atoms with Gasteiger partial charge in [-0.1, -0.05) is 65.3 Å². The SMILES string of the molecule is CCC(CC(C)C1C=CC(O)CC1)C1C=CC(OC(C)OCCOC(=O)C2CCC(C(C)(C)C)CC2)CC1. The maximum absolute atomic E-state index is 12.5. The Morgan fingerprint density at radius 3 is 2.16 bits per heavy atom. The molecule has 1 fully saturated rings. The van der Waals surface area contributed by atoms with Crippen LogP contribution < -0.4 is 0 Å². The van der Waals surface area contributed by atoms with Crippen LogP contribution in [0, 0.1) is 40.9 Å². The molecule has 0 bridgehead atoms. The highest BCUT2D eigenvalue weighted by molar-refractivity contribution is 5.72. The summed E-state index contributed by atoms with van der Waals surface area (Å²) in [6, 6.07) is 0. The minimum absolute atomic E-state index is 0.0459. The number of rotatable bonds is 12. The van der Waals surface area contributed by atoms with Gasteiger partial charge in [0.15, 0.2) is 6.29 Å². The van der Waals surface area contributed by atoms with Crippen molar-refractivity contribution in [2.75, 3.05) is 13.2 Å². The van der Waals surface area contributed by atoms with Gasteiger partial charge < -0.3 is 19.3 Å². The first-order valence-electron chi connectivity index (χ1n) is 15.5. The molecular weight excluding hydrogens is 476 g/mol. The van der Waals surface area contributed by atoms with Crippen molar-refractivity contribution in [1.29, 1.82) is 0 Å². The number of carbonyl (C=O) groups is 1. The Kier molecular flexibility index (Phi) is 12.4. The van der Waals surface area contributed by atoms with Gasteiger partial charge in [-0.25, -0.2) is 0 Å². The summed E-state index contributed by atoms with van der Waals surface area (Å²) in [7, 11) is 0. The van der Waals surface area contributed by atoms with E-state index in [9.17, 15) is 9.90 Å². The second-order valence-corrected chi connectivity index (χ2v) is 13.4. The van der Waals surface area contributed by atoms with Crippen molar-refractivity contribution in [3.8, 4) is 0 Å². The summed E-state index contributed by atoms with van der Waals surface area (Å²) in [6.07, 6.45) is 19.0. The van der Waals surface area contributed by atoms with Gasteiger partial charge in [0.25, 0.3) is 0 Å². The summed E-state index contributed by atoms with van der Waals surface area (Å²) in [5.74, 6) is 3.22. The maximum Gasteiger partial charge on any atom is 0.309 e. The van der Waals surface area contributed by atoms with Crippen molar-refractivity contribution in [2.45, 2.75) is 124 Å². The van der Waals surface area contributed by atoms with E-state index in [2.05, 4.69) is 52.8 Å². The highest BCUT2D eigenvalue weighted by Crippen LogP contribution is 2.40. The predicted octanol–water partition coefficient (Wildman–Crippen LogP) is 7.48. The van der Waals surface area contributed by atoms with Crippen LogP contribution in [0.1, 0.15) is 106 Å². The van der Waals surface area contributed by atoms with Crippen molar-refractivity contribution in [3.05, 3.63) is 24.3 Å². The fraction of sp³-hybridized carbons (Fsp3) is 0.848. The number of hydrogen-bond donors (Lipinski definition) is 1. The monoisotopic (exact) mass is 532 g/mol. The van der Waals surface area contributed by atoms with Crippen LogP contribution in [0.15, 0.2) is 24.3 Å². The van der Waals surface area contributed by atoms with E-state index < -0.39 is 0 Å².